The van der Waals surface area contributed by atoms with Crippen LogP contribution >= 0.6 is 15.9 Å². The zero-order valence-corrected chi connectivity index (χ0v) is 13.3. The number of nitro groups is 1. The first-order valence-corrected chi connectivity index (χ1v) is 8.15. The minimum Gasteiger partial charge on any atom is -0.268 e. The molecule has 0 saturated heterocycles. The number of nitrogens with one attached hydrogen (secondary N) is 1. The molecule has 0 heterocycles. The van der Waals surface area contributed by atoms with E-state index in [0.717, 1.165) is 16.6 Å². The van der Waals surface area contributed by atoms with E-state index in [2.05, 4.69) is 15.9 Å². The van der Waals surface area contributed by atoms with Gasteiger partial charge in [0.25, 0.3) is 21.6 Å². The highest BCUT2D eigenvalue weighted by atomic mass is 79.9. The molecule has 22 heavy (non-hydrogen) atoms. The molecule has 0 atom stereocenters. The molecule has 0 unspecified atom stereocenters. The third-order valence-electron chi connectivity index (χ3n) is 2.68. The first-order valence-electron chi connectivity index (χ1n) is 5.87. The molecule has 0 radical (unpaired) electrons. The third kappa shape index (κ3) is 3.49. The summed E-state index contributed by atoms with van der Waals surface area (Å²) >= 11 is 3.19. The smallest absolute Gasteiger partial charge is 0.268 e. The first-order chi connectivity index (χ1) is 10.3. The molecule has 2 aromatic carbocycles. The second kappa shape index (κ2) is 6.24. The number of nitro benzene ring substituents is 1. The Hall–Kier alpha value is -2.26. The molecule has 7 nitrogen and oxygen atoms in total. The van der Waals surface area contributed by atoms with E-state index in [-0.39, 0.29) is 5.56 Å². The number of rotatable bonds is 4. The van der Waals surface area contributed by atoms with Gasteiger partial charge in [-0.1, -0.05) is 28.1 Å². The second-order valence-electron chi connectivity index (χ2n) is 4.17. The molecule has 0 aliphatic heterocycles. The maximum atomic E-state index is 12.2. The Bertz CT molecular complexity index is 834. The maximum Gasteiger partial charge on any atom is 0.289 e. The molecule has 0 aliphatic carbocycles. The van der Waals surface area contributed by atoms with Crippen molar-refractivity contribution in [2.75, 3.05) is 0 Å². The van der Waals surface area contributed by atoms with Crippen molar-refractivity contribution in [1.82, 2.24) is 4.72 Å². The summed E-state index contributed by atoms with van der Waals surface area (Å²) in [6.07, 6.45) is 0. The zero-order valence-electron chi connectivity index (χ0n) is 10.9. The van der Waals surface area contributed by atoms with Gasteiger partial charge in [-0.25, -0.2) is 13.1 Å². The molecule has 0 saturated carbocycles. The largest absolute Gasteiger partial charge is 0.289 e. The van der Waals surface area contributed by atoms with E-state index in [1.807, 2.05) is 4.72 Å². The molecule has 0 bridgehead atoms. The van der Waals surface area contributed by atoms with Crippen molar-refractivity contribution >= 4 is 37.5 Å². The van der Waals surface area contributed by atoms with E-state index in [1.165, 1.54) is 24.3 Å². The van der Waals surface area contributed by atoms with Crippen molar-refractivity contribution in [3.05, 3.63) is 68.7 Å². The van der Waals surface area contributed by atoms with Gasteiger partial charge in [0.05, 0.1) is 4.92 Å². The molecule has 2 rings (SSSR count). The molecular weight excluding hydrogens is 376 g/mol. The Balaban J connectivity index is 2.34. The number of hydrogen-bond acceptors (Lipinski definition) is 5. The molecule has 1 N–H and O–H groups in total. The maximum absolute atomic E-state index is 12.2. The normalized spacial score (nSPS) is 11.0. The summed E-state index contributed by atoms with van der Waals surface area (Å²) in [6.45, 7) is 0. The summed E-state index contributed by atoms with van der Waals surface area (Å²) in [5.74, 6) is -0.870. The monoisotopic (exact) mass is 384 g/mol. The summed E-state index contributed by atoms with van der Waals surface area (Å²) in [4.78, 5) is 21.5. The number of amides is 1. The molecule has 0 spiro atoms. The van der Waals surface area contributed by atoms with Gasteiger partial charge in [-0.3, -0.25) is 14.9 Å². The molecule has 114 valence electrons. The van der Waals surface area contributed by atoms with Crippen molar-refractivity contribution in [2.45, 2.75) is 4.90 Å². The number of carbonyl (C=O) groups is 1. The van der Waals surface area contributed by atoms with Gasteiger partial charge < -0.3 is 0 Å². The summed E-state index contributed by atoms with van der Waals surface area (Å²) in [7, 11) is -4.35. The van der Waals surface area contributed by atoms with Gasteiger partial charge in [-0.15, -0.1) is 0 Å². The van der Waals surface area contributed by atoms with Crippen LogP contribution in [-0.2, 0) is 10.0 Å². The predicted octanol–water partition coefficient (Wildman–Crippen LogP) is 2.48. The lowest BCUT2D eigenvalue weighted by Crippen LogP contribution is -2.31. The highest BCUT2D eigenvalue weighted by Gasteiger charge is 2.27. The number of benzene rings is 2. The lowest BCUT2D eigenvalue weighted by atomic mass is 10.2. The van der Waals surface area contributed by atoms with E-state index in [1.54, 1.807) is 12.1 Å². The molecule has 2 aromatic rings. The van der Waals surface area contributed by atoms with Crippen LogP contribution in [0.3, 0.4) is 0 Å². The van der Waals surface area contributed by atoms with E-state index in [0.29, 0.717) is 0 Å². The number of hydrogen-bond donors (Lipinski definition) is 1. The average Bonchev–Trinajstić information content (AvgIpc) is 2.47. The fraction of sp³-hybridized carbons (Fsp3) is 0. The third-order valence-corrected chi connectivity index (χ3v) is 4.59. The van der Waals surface area contributed by atoms with Crippen LogP contribution in [-0.4, -0.2) is 19.2 Å². The van der Waals surface area contributed by atoms with E-state index < -0.39 is 31.4 Å². The standard InChI is InChI=1S/C13H9BrN2O5S/c14-10-7-5-9(6-8-10)13(17)15-22(20,21)12-4-2-1-3-11(12)16(18)19/h1-8H,(H,15,17). The summed E-state index contributed by atoms with van der Waals surface area (Å²) in [5.41, 5.74) is -0.482. The summed E-state index contributed by atoms with van der Waals surface area (Å²) < 4.78 is 26.9. The summed E-state index contributed by atoms with van der Waals surface area (Å²) in [6, 6.07) is 10.8. The molecule has 9 heteroatoms. The zero-order chi connectivity index (χ0) is 16.3. The SMILES string of the molecule is O=C(NS(=O)(=O)c1ccccc1[N+](=O)[O-])c1ccc(Br)cc1. The van der Waals surface area contributed by atoms with Gasteiger partial charge >= 0.3 is 0 Å². The van der Waals surface area contributed by atoms with Gasteiger partial charge in [-0.05, 0) is 30.3 Å². The van der Waals surface area contributed by atoms with Crippen molar-refractivity contribution in [1.29, 1.82) is 0 Å². The quantitative estimate of drug-likeness (QED) is 0.643. The van der Waals surface area contributed by atoms with E-state index in [4.69, 9.17) is 0 Å². The van der Waals surface area contributed by atoms with Crippen molar-refractivity contribution in [3.8, 4) is 0 Å². The van der Waals surface area contributed by atoms with Gasteiger partial charge in [0.1, 0.15) is 0 Å². The van der Waals surface area contributed by atoms with Crippen LogP contribution < -0.4 is 4.72 Å². The number of carbonyl (C=O) groups excluding carboxylic acids is 1. The lowest BCUT2D eigenvalue weighted by Gasteiger charge is -2.07. The van der Waals surface area contributed by atoms with Gasteiger partial charge in [0, 0.05) is 16.1 Å². The van der Waals surface area contributed by atoms with Crippen molar-refractivity contribution in [2.24, 2.45) is 0 Å². The van der Waals surface area contributed by atoms with Crippen LogP contribution in [0, 0.1) is 10.1 Å². The van der Waals surface area contributed by atoms with Gasteiger partial charge in [0.2, 0.25) is 0 Å². The minimum atomic E-state index is -4.35. The van der Waals surface area contributed by atoms with Crippen LogP contribution in [0.2, 0.25) is 0 Å². The topological polar surface area (TPSA) is 106 Å². The fourth-order valence-electron chi connectivity index (χ4n) is 1.67. The number of nitrogens with zero attached hydrogens (tertiary/aromatic N) is 1. The number of para-hydroxylation sites is 1. The van der Waals surface area contributed by atoms with Crippen LogP contribution in [0.4, 0.5) is 5.69 Å². The molecule has 0 fully saturated rings. The highest BCUT2D eigenvalue weighted by Crippen LogP contribution is 2.23. The first kappa shape index (κ1) is 16.1. The second-order valence-corrected chi connectivity index (χ2v) is 6.73. The van der Waals surface area contributed by atoms with Crippen LogP contribution in [0.15, 0.2) is 57.9 Å². The molecule has 0 aromatic heterocycles. The van der Waals surface area contributed by atoms with Crippen LogP contribution in [0.25, 0.3) is 0 Å². The molecular formula is C13H9BrN2O5S. The van der Waals surface area contributed by atoms with Crippen LogP contribution in [0.1, 0.15) is 10.4 Å². The molecule has 0 aliphatic rings. The molecule has 1 amide bonds. The Labute approximate surface area is 134 Å². The fourth-order valence-corrected chi connectivity index (χ4v) is 3.08. The summed E-state index contributed by atoms with van der Waals surface area (Å²) in [5, 5.41) is 10.9. The van der Waals surface area contributed by atoms with E-state index in [9.17, 15) is 23.3 Å². The van der Waals surface area contributed by atoms with Gasteiger partial charge in [-0.2, -0.15) is 0 Å². The Morgan fingerprint density at radius 1 is 1.09 bits per heavy atom. The predicted molar refractivity (Wildman–Crippen MR) is 81.9 cm³/mol. The van der Waals surface area contributed by atoms with Gasteiger partial charge in [0.15, 0.2) is 4.90 Å². The van der Waals surface area contributed by atoms with Crippen molar-refractivity contribution in [3.63, 3.8) is 0 Å². The van der Waals surface area contributed by atoms with E-state index >= 15 is 0 Å². The minimum absolute atomic E-state index is 0.116. The van der Waals surface area contributed by atoms with Crippen LogP contribution in [0.5, 0.6) is 0 Å². The van der Waals surface area contributed by atoms with Crippen molar-refractivity contribution < 1.29 is 18.1 Å². The highest BCUT2D eigenvalue weighted by molar-refractivity contribution is 9.10. The Morgan fingerprint density at radius 2 is 1.68 bits per heavy atom. The number of halogens is 1. The lowest BCUT2D eigenvalue weighted by molar-refractivity contribution is -0.387. The Kier molecular flexibility index (Phi) is 4.57. The number of sulfonamides is 1. The average molecular weight is 385 g/mol. The Morgan fingerprint density at radius 3 is 2.27 bits per heavy atom.